The van der Waals surface area contributed by atoms with E-state index >= 15 is 0 Å². The Kier molecular flexibility index (Phi) is 4.95. The summed E-state index contributed by atoms with van der Waals surface area (Å²) in [7, 11) is 0. The molecule has 0 aliphatic carbocycles. The number of nitrogens with zero attached hydrogens (tertiary/aromatic N) is 6. The Morgan fingerprint density at radius 2 is 1.90 bits per heavy atom. The van der Waals surface area contributed by atoms with Gasteiger partial charge in [0.05, 0.1) is 31.2 Å². The van der Waals surface area contributed by atoms with Crippen molar-refractivity contribution in [2.24, 2.45) is 0 Å². The molecular weight excluding hydrogens is 390 g/mol. The number of rotatable bonds is 4. The molecular formula is C23H23N7O. The predicted octanol–water partition coefficient (Wildman–Crippen LogP) is 3.41. The van der Waals surface area contributed by atoms with E-state index in [0.29, 0.717) is 19.6 Å². The van der Waals surface area contributed by atoms with Gasteiger partial charge in [-0.2, -0.15) is 5.10 Å². The largest absolute Gasteiger partial charge is 0.322 e. The lowest BCUT2D eigenvalue weighted by molar-refractivity contribution is 0.205. The van der Waals surface area contributed by atoms with Gasteiger partial charge in [-0.05, 0) is 31.2 Å². The number of anilines is 1. The van der Waals surface area contributed by atoms with Crippen LogP contribution in [-0.2, 0) is 19.5 Å². The molecule has 1 N–H and O–H groups in total. The SMILES string of the molecule is Cc1ccc(-n2cc(Cn3ncc4c3CCN(C(=O)Nc3ccccc3)C4)nn2)cc1. The van der Waals surface area contributed by atoms with Gasteiger partial charge in [0.25, 0.3) is 0 Å². The maximum Gasteiger partial charge on any atom is 0.322 e. The summed E-state index contributed by atoms with van der Waals surface area (Å²) in [6, 6.07) is 17.6. The molecule has 3 heterocycles. The predicted molar refractivity (Wildman–Crippen MR) is 117 cm³/mol. The minimum absolute atomic E-state index is 0.0920. The molecule has 156 valence electrons. The standard InChI is InChI=1S/C23H23N7O/c1-17-7-9-21(10-8-17)29-15-20(26-27-29)16-30-22-11-12-28(14-18(22)13-24-30)23(31)25-19-5-3-2-4-6-19/h2-10,13,15H,11-12,14,16H2,1H3,(H,25,31). The third-order valence-corrected chi connectivity index (χ3v) is 5.48. The molecule has 2 aromatic carbocycles. The minimum Gasteiger partial charge on any atom is -0.320 e. The second-order valence-corrected chi connectivity index (χ2v) is 7.73. The molecule has 0 radical (unpaired) electrons. The number of nitrogens with one attached hydrogen (secondary N) is 1. The van der Waals surface area contributed by atoms with Crippen molar-refractivity contribution in [1.29, 1.82) is 0 Å². The topological polar surface area (TPSA) is 80.9 Å². The van der Waals surface area contributed by atoms with E-state index < -0.39 is 0 Å². The van der Waals surface area contributed by atoms with Crippen LogP contribution in [0.1, 0.15) is 22.5 Å². The maximum absolute atomic E-state index is 12.6. The number of para-hydroxylation sites is 1. The van der Waals surface area contributed by atoms with Crippen LogP contribution in [0, 0.1) is 6.92 Å². The van der Waals surface area contributed by atoms with Gasteiger partial charge >= 0.3 is 6.03 Å². The summed E-state index contributed by atoms with van der Waals surface area (Å²) >= 11 is 0. The molecule has 0 fully saturated rings. The van der Waals surface area contributed by atoms with E-state index in [2.05, 4.69) is 39.8 Å². The third-order valence-electron chi connectivity index (χ3n) is 5.48. The molecule has 0 spiro atoms. The lowest BCUT2D eigenvalue weighted by Gasteiger charge is -2.27. The number of amides is 2. The van der Waals surface area contributed by atoms with Crippen LogP contribution in [0.15, 0.2) is 67.0 Å². The zero-order valence-electron chi connectivity index (χ0n) is 17.3. The highest BCUT2D eigenvalue weighted by molar-refractivity contribution is 5.89. The van der Waals surface area contributed by atoms with Crippen molar-refractivity contribution in [3.8, 4) is 5.69 Å². The van der Waals surface area contributed by atoms with Crippen LogP contribution in [-0.4, -0.2) is 42.3 Å². The molecule has 31 heavy (non-hydrogen) atoms. The van der Waals surface area contributed by atoms with Gasteiger partial charge in [0.1, 0.15) is 5.69 Å². The van der Waals surface area contributed by atoms with Crippen molar-refractivity contribution >= 4 is 11.7 Å². The van der Waals surface area contributed by atoms with Crippen molar-refractivity contribution in [2.75, 3.05) is 11.9 Å². The molecule has 2 amide bonds. The van der Waals surface area contributed by atoms with Gasteiger partial charge < -0.3 is 10.2 Å². The van der Waals surface area contributed by atoms with Crippen molar-refractivity contribution in [3.63, 3.8) is 0 Å². The molecule has 5 rings (SSSR count). The second-order valence-electron chi connectivity index (χ2n) is 7.73. The fraction of sp³-hybridized carbons (Fsp3) is 0.217. The van der Waals surface area contributed by atoms with Crippen LogP contribution in [0.25, 0.3) is 5.69 Å². The van der Waals surface area contributed by atoms with Crippen molar-refractivity contribution < 1.29 is 4.79 Å². The molecule has 2 aromatic heterocycles. The molecule has 4 aromatic rings. The summed E-state index contributed by atoms with van der Waals surface area (Å²) in [5, 5.41) is 16.0. The van der Waals surface area contributed by atoms with Gasteiger partial charge in [-0.25, -0.2) is 9.48 Å². The van der Waals surface area contributed by atoms with E-state index in [-0.39, 0.29) is 6.03 Å². The minimum atomic E-state index is -0.0920. The fourth-order valence-electron chi connectivity index (χ4n) is 3.78. The molecule has 8 nitrogen and oxygen atoms in total. The first-order chi connectivity index (χ1) is 15.2. The van der Waals surface area contributed by atoms with Crippen LogP contribution in [0.2, 0.25) is 0 Å². The van der Waals surface area contributed by atoms with Gasteiger partial charge in [0, 0.05) is 29.9 Å². The lowest BCUT2D eigenvalue weighted by Crippen LogP contribution is -2.39. The fourth-order valence-corrected chi connectivity index (χ4v) is 3.78. The molecule has 1 aliphatic heterocycles. The Labute approximate surface area is 180 Å². The number of hydrogen-bond donors (Lipinski definition) is 1. The summed E-state index contributed by atoms with van der Waals surface area (Å²) in [6.07, 6.45) is 4.53. The highest BCUT2D eigenvalue weighted by atomic mass is 16.2. The summed E-state index contributed by atoms with van der Waals surface area (Å²) in [6.45, 7) is 3.80. The number of carbonyl (C=O) groups is 1. The number of aromatic nitrogens is 5. The highest BCUT2D eigenvalue weighted by Crippen LogP contribution is 2.20. The second kappa shape index (κ2) is 8.06. The number of hydrogen-bond acceptors (Lipinski definition) is 4. The Balaban J connectivity index is 1.26. The summed E-state index contributed by atoms with van der Waals surface area (Å²) in [5.74, 6) is 0. The molecule has 0 bridgehead atoms. The summed E-state index contributed by atoms with van der Waals surface area (Å²) in [4.78, 5) is 14.4. The van der Waals surface area contributed by atoms with Gasteiger partial charge in [0.2, 0.25) is 0 Å². The summed E-state index contributed by atoms with van der Waals surface area (Å²) < 4.78 is 3.74. The molecule has 1 aliphatic rings. The molecule has 8 heteroatoms. The van der Waals surface area contributed by atoms with Crippen molar-refractivity contribution in [2.45, 2.75) is 26.4 Å². The van der Waals surface area contributed by atoms with Crippen LogP contribution in [0.4, 0.5) is 10.5 Å². The first-order valence-electron chi connectivity index (χ1n) is 10.3. The first-order valence-corrected chi connectivity index (χ1v) is 10.3. The van der Waals surface area contributed by atoms with E-state index in [9.17, 15) is 4.79 Å². The van der Waals surface area contributed by atoms with Crippen LogP contribution >= 0.6 is 0 Å². The Hall–Kier alpha value is -3.94. The Morgan fingerprint density at radius 1 is 1.10 bits per heavy atom. The quantitative estimate of drug-likeness (QED) is 0.556. The average Bonchev–Trinajstić information content (AvgIpc) is 3.42. The normalized spacial score (nSPS) is 13.1. The van der Waals surface area contributed by atoms with E-state index in [0.717, 1.165) is 34.7 Å². The van der Waals surface area contributed by atoms with Gasteiger partial charge in [-0.3, -0.25) is 4.68 Å². The van der Waals surface area contributed by atoms with Gasteiger partial charge in [-0.1, -0.05) is 41.1 Å². The van der Waals surface area contributed by atoms with E-state index in [1.807, 2.05) is 64.4 Å². The molecule has 0 unspecified atom stereocenters. The number of carbonyl (C=O) groups excluding carboxylic acids is 1. The first kappa shape index (κ1) is 19.0. The highest BCUT2D eigenvalue weighted by Gasteiger charge is 2.24. The van der Waals surface area contributed by atoms with E-state index in [1.165, 1.54) is 5.56 Å². The number of fused-ring (bicyclic) bond motifs is 1. The van der Waals surface area contributed by atoms with E-state index in [1.54, 1.807) is 4.68 Å². The Bertz CT molecular complexity index is 1190. The van der Waals surface area contributed by atoms with Crippen LogP contribution in [0.3, 0.4) is 0 Å². The third kappa shape index (κ3) is 4.05. The van der Waals surface area contributed by atoms with Gasteiger partial charge in [0.15, 0.2) is 0 Å². The zero-order valence-corrected chi connectivity index (χ0v) is 17.3. The molecule has 0 atom stereocenters. The molecule has 0 saturated carbocycles. The average molecular weight is 413 g/mol. The van der Waals surface area contributed by atoms with Crippen molar-refractivity contribution in [3.05, 3.63) is 89.5 Å². The number of aryl methyl sites for hydroxylation is 1. The van der Waals surface area contributed by atoms with Gasteiger partial charge in [-0.15, -0.1) is 5.10 Å². The van der Waals surface area contributed by atoms with Crippen LogP contribution in [0.5, 0.6) is 0 Å². The maximum atomic E-state index is 12.6. The summed E-state index contributed by atoms with van der Waals surface area (Å²) in [5.41, 5.74) is 6.04. The van der Waals surface area contributed by atoms with Crippen molar-refractivity contribution in [1.82, 2.24) is 29.7 Å². The van der Waals surface area contributed by atoms with Crippen LogP contribution < -0.4 is 5.32 Å². The smallest absolute Gasteiger partial charge is 0.320 e. The lowest BCUT2D eigenvalue weighted by atomic mass is 10.1. The zero-order chi connectivity index (χ0) is 21.2. The Morgan fingerprint density at radius 3 is 2.71 bits per heavy atom. The van der Waals surface area contributed by atoms with E-state index in [4.69, 9.17) is 0 Å². The number of urea groups is 1. The number of benzene rings is 2. The monoisotopic (exact) mass is 413 g/mol. The molecule has 0 saturated heterocycles.